The number of amides is 2. The number of alkyl halides is 3. The van der Waals surface area contributed by atoms with Gasteiger partial charge < -0.3 is 5.32 Å². The van der Waals surface area contributed by atoms with Crippen molar-refractivity contribution in [2.45, 2.75) is 59.6 Å². The van der Waals surface area contributed by atoms with Crippen LogP contribution in [0.1, 0.15) is 63.1 Å². The molecule has 1 aliphatic rings. The zero-order chi connectivity index (χ0) is 24.6. The molecule has 4 nitrogen and oxygen atoms in total. The van der Waals surface area contributed by atoms with Gasteiger partial charge in [-0.1, -0.05) is 43.4 Å². The van der Waals surface area contributed by atoms with Crippen LogP contribution in [0, 0.1) is 12.8 Å². The minimum atomic E-state index is -4.16. The van der Waals surface area contributed by atoms with E-state index in [4.69, 9.17) is 0 Å². The molecule has 2 amide bonds. The first-order chi connectivity index (χ1) is 15.5. The highest BCUT2D eigenvalue weighted by Crippen LogP contribution is 2.40. The summed E-state index contributed by atoms with van der Waals surface area (Å²) < 4.78 is 39.0. The number of nitrogens with zero attached hydrogens (tertiary/aromatic N) is 1. The highest BCUT2D eigenvalue weighted by Gasteiger charge is 2.39. The number of halogens is 3. The number of hydrogen-bond acceptors (Lipinski definition) is 2. The fourth-order valence-electron chi connectivity index (χ4n) is 3.75. The number of carbonyl (C=O) groups excluding carboxylic acids is 2. The van der Waals surface area contributed by atoms with Crippen molar-refractivity contribution in [1.82, 2.24) is 5.32 Å². The maximum atomic E-state index is 13.0. The van der Waals surface area contributed by atoms with Gasteiger partial charge in [-0.15, -0.1) is 0 Å². The minimum Gasteiger partial charge on any atom is -0.347 e. The minimum absolute atomic E-state index is 0.00754. The Kier molecular flexibility index (Phi) is 9.38. The van der Waals surface area contributed by atoms with Crippen molar-refractivity contribution in [3.8, 4) is 0 Å². The standard InChI is InChI=1S/C26H31F3N2O2/c1-5-6-8-22(25(33)30-16-17(2)31-19(4)32)15-21-9-7-10-24(18(21)3)20-11-13-23(14-12-20)26(27,28)29/h6-11,15,23H,5,12-14,16H2,1-4H3,(H,30,33)/b8-6+,22-15+,31-17?. The van der Waals surface area contributed by atoms with E-state index in [0.29, 0.717) is 17.7 Å². The fraction of sp³-hybridized carbons (Fsp3) is 0.423. The van der Waals surface area contributed by atoms with E-state index in [0.717, 1.165) is 28.7 Å². The number of rotatable bonds is 7. The predicted octanol–water partition coefficient (Wildman–Crippen LogP) is 6.21. The summed E-state index contributed by atoms with van der Waals surface area (Å²) in [6.45, 7) is 7.05. The Morgan fingerprint density at radius 2 is 1.97 bits per heavy atom. The van der Waals surface area contributed by atoms with Crippen molar-refractivity contribution in [3.63, 3.8) is 0 Å². The Labute approximate surface area is 193 Å². The Balaban J connectivity index is 2.30. The van der Waals surface area contributed by atoms with Crippen molar-refractivity contribution in [3.05, 3.63) is 58.7 Å². The Bertz CT molecular complexity index is 1000. The molecular formula is C26H31F3N2O2. The highest BCUT2D eigenvalue weighted by atomic mass is 19.4. The molecule has 1 unspecified atom stereocenters. The molecule has 33 heavy (non-hydrogen) atoms. The zero-order valence-electron chi connectivity index (χ0n) is 19.6. The molecule has 0 radical (unpaired) electrons. The first kappa shape index (κ1) is 26.3. The molecule has 1 aliphatic carbocycles. The van der Waals surface area contributed by atoms with E-state index in [9.17, 15) is 22.8 Å². The second kappa shape index (κ2) is 11.8. The van der Waals surface area contributed by atoms with Crippen molar-refractivity contribution < 1.29 is 22.8 Å². The van der Waals surface area contributed by atoms with E-state index in [1.165, 1.54) is 6.92 Å². The third-order valence-corrected chi connectivity index (χ3v) is 5.55. The molecular weight excluding hydrogens is 429 g/mol. The maximum absolute atomic E-state index is 13.0. The number of hydrogen-bond donors (Lipinski definition) is 1. The van der Waals surface area contributed by atoms with Gasteiger partial charge in [0, 0.05) is 18.2 Å². The second-order valence-corrected chi connectivity index (χ2v) is 8.22. The maximum Gasteiger partial charge on any atom is 0.392 e. The lowest BCUT2D eigenvalue weighted by molar-refractivity contribution is -0.175. The summed E-state index contributed by atoms with van der Waals surface area (Å²) in [7, 11) is 0. The summed E-state index contributed by atoms with van der Waals surface area (Å²) in [4.78, 5) is 27.7. The van der Waals surface area contributed by atoms with Crippen LogP contribution < -0.4 is 5.32 Å². The van der Waals surface area contributed by atoms with Gasteiger partial charge in [-0.25, -0.2) is 4.99 Å². The Hall–Kier alpha value is -2.96. The molecule has 0 fully saturated rings. The fourth-order valence-corrected chi connectivity index (χ4v) is 3.75. The van der Waals surface area contributed by atoms with Gasteiger partial charge in [0.25, 0.3) is 5.91 Å². The Morgan fingerprint density at radius 1 is 1.24 bits per heavy atom. The number of carbonyl (C=O) groups is 2. The molecule has 0 aromatic heterocycles. The third-order valence-electron chi connectivity index (χ3n) is 5.55. The summed E-state index contributed by atoms with van der Waals surface area (Å²) in [6, 6.07) is 5.65. The molecule has 1 N–H and O–H groups in total. The smallest absolute Gasteiger partial charge is 0.347 e. The van der Waals surface area contributed by atoms with Crippen LogP contribution in [-0.4, -0.2) is 30.2 Å². The molecule has 7 heteroatoms. The lowest BCUT2D eigenvalue weighted by atomic mass is 9.84. The van der Waals surface area contributed by atoms with E-state index < -0.39 is 12.1 Å². The van der Waals surface area contributed by atoms with Crippen molar-refractivity contribution >= 4 is 29.2 Å². The molecule has 0 aliphatic heterocycles. The van der Waals surface area contributed by atoms with Crippen LogP contribution in [0.3, 0.4) is 0 Å². The normalized spacial score (nSPS) is 17.8. The van der Waals surface area contributed by atoms with Gasteiger partial charge in [-0.3, -0.25) is 9.59 Å². The summed E-state index contributed by atoms with van der Waals surface area (Å²) in [6.07, 6.45) is 4.13. The van der Waals surface area contributed by atoms with Crippen LogP contribution in [0.5, 0.6) is 0 Å². The van der Waals surface area contributed by atoms with Gasteiger partial charge >= 0.3 is 6.18 Å². The molecule has 178 valence electrons. The molecule has 0 saturated heterocycles. The SMILES string of the molecule is CC/C=C/C(=C\c1cccc(C2=CCC(C(F)(F)F)CC2)c1C)C(=O)NCC(C)=NC(C)=O. The summed E-state index contributed by atoms with van der Waals surface area (Å²) in [5, 5.41) is 2.77. The van der Waals surface area contributed by atoms with E-state index in [1.54, 1.807) is 25.2 Å². The predicted molar refractivity (Wildman–Crippen MR) is 127 cm³/mol. The largest absolute Gasteiger partial charge is 0.392 e. The van der Waals surface area contributed by atoms with Gasteiger partial charge in [0.1, 0.15) is 0 Å². The first-order valence-electron chi connectivity index (χ1n) is 11.1. The van der Waals surface area contributed by atoms with Crippen LogP contribution in [0.25, 0.3) is 11.6 Å². The quantitative estimate of drug-likeness (QED) is 0.299. The topological polar surface area (TPSA) is 58.5 Å². The second-order valence-electron chi connectivity index (χ2n) is 8.22. The van der Waals surface area contributed by atoms with Crippen molar-refractivity contribution in [1.29, 1.82) is 0 Å². The number of aliphatic imine (C=N–C) groups is 1. The number of nitrogens with one attached hydrogen (secondary N) is 1. The van der Waals surface area contributed by atoms with Crippen LogP contribution in [0.2, 0.25) is 0 Å². The van der Waals surface area contributed by atoms with Gasteiger partial charge in [-0.2, -0.15) is 13.2 Å². The van der Waals surface area contributed by atoms with E-state index >= 15 is 0 Å². The Morgan fingerprint density at radius 3 is 2.55 bits per heavy atom. The number of allylic oxidation sites excluding steroid dienone is 3. The van der Waals surface area contributed by atoms with Crippen LogP contribution in [-0.2, 0) is 9.59 Å². The molecule has 0 heterocycles. The van der Waals surface area contributed by atoms with Crippen LogP contribution >= 0.6 is 0 Å². The molecule has 0 spiro atoms. The monoisotopic (exact) mass is 460 g/mol. The van der Waals surface area contributed by atoms with E-state index in [1.807, 2.05) is 38.1 Å². The molecule has 1 aromatic carbocycles. The molecule has 2 rings (SSSR count). The summed E-state index contributed by atoms with van der Waals surface area (Å²) >= 11 is 0. The number of benzene rings is 1. The van der Waals surface area contributed by atoms with E-state index in [2.05, 4.69) is 10.3 Å². The van der Waals surface area contributed by atoms with Crippen LogP contribution in [0.15, 0.2) is 47.0 Å². The van der Waals surface area contributed by atoms with Crippen molar-refractivity contribution in [2.75, 3.05) is 6.54 Å². The van der Waals surface area contributed by atoms with Gasteiger partial charge in [0.15, 0.2) is 0 Å². The molecule has 0 saturated carbocycles. The molecule has 0 bridgehead atoms. The lowest BCUT2D eigenvalue weighted by Gasteiger charge is -2.25. The molecule has 1 atom stereocenters. The average molecular weight is 461 g/mol. The van der Waals surface area contributed by atoms with E-state index in [-0.39, 0.29) is 31.2 Å². The summed E-state index contributed by atoms with van der Waals surface area (Å²) in [5.41, 5.74) is 4.52. The lowest BCUT2D eigenvalue weighted by Crippen LogP contribution is -2.29. The van der Waals surface area contributed by atoms with Crippen molar-refractivity contribution in [2.24, 2.45) is 10.9 Å². The highest BCUT2D eigenvalue weighted by molar-refractivity contribution is 6.03. The van der Waals surface area contributed by atoms with Crippen LogP contribution in [0.4, 0.5) is 13.2 Å². The summed E-state index contributed by atoms with van der Waals surface area (Å²) in [5.74, 6) is -1.91. The average Bonchev–Trinajstić information content (AvgIpc) is 2.75. The zero-order valence-corrected chi connectivity index (χ0v) is 19.6. The first-order valence-corrected chi connectivity index (χ1v) is 11.1. The third kappa shape index (κ3) is 7.84. The molecule has 1 aromatic rings. The van der Waals surface area contributed by atoms with Gasteiger partial charge in [0.2, 0.25) is 5.91 Å². The van der Waals surface area contributed by atoms with Gasteiger partial charge in [-0.05, 0) is 67.9 Å². The van der Waals surface area contributed by atoms with Gasteiger partial charge in [0.05, 0.1) is 12.5 Å².